The van der Waals surface area contributed by atoms with Gasteiger partial charge in [-0.05, 0) is 24.1 Å². The maximum Gasteiger partial charge on any atom is 0.310 e. The van der Waals surface area contributed by atoms with Gasteiger partial charge < -0.3 is 10.8 Å². The van der Waals surface area contributed by atoms with E-state index < -0.39 is 17.9 Å². The van der Waals surface area contributed by atoms with E-state index in [-0.39, 0.29) is 0 Å². The summed E-state index contributed by atoms with van der Waals surface area (Å²) in [7, 11) is 0. The summed E-state index contributed by atoms with van der Waals surface area (Å²) >= 11 is 12.3. The number of thioether (sulfide) groups is 1. The van der Waals surface area contributed by atoms with Gasteiger partial charge in [-0.3, -0.25) is 4.79 Å². The van der Waals surface area contributed by atoms with Crippen molar-refractivity contribution in [2.24, 2.45) is 11.7 Å². The van der Waals surface area contributed by atoms with Crippen LogP contribution in [0.4, 0.5) is 0 Å². The lowest BCUT2D eigenvalue weighted by atomic mass is 9.86. The van der Waals surface area contributed by atoms with Gasteiger partial charge in [-0.1, -0.05) is 61.3 Å². The largest absolute Gasteiger partial charge is 0.481 e. The Morgan fingerprint density at radius 2 is 2.14 bits per heavy atom. The van der Waals surface area contributed by atoms with Gasteiger partial charge in [-0.2, -0.15) is 0 Å². The van der Waals surface area contributed by atoms with Crippen LogP contribution in [0.5, 0.6) is 0 Å². The number of rotatable bonds is 5. The second-order valence-electron chi connectivity index (χ2n) is 5.03. The van der Waals surface area contributed by atoms with Crippen molar-refractivity contribution in [1.82, 2.24) is 0 Å². The molecule has 0 bridgehead atoms. The third kappa shape index (κ3) is 3.63. The van der Waals surface area contributed by atoms with Crippen molar-refractivity contribution in [1.29, 1.82) is 0 Å². The summed E-state index contributed by atoms with van der Waals surface area (Å²) in [5.41, 5.74) is 6.84. The van der Waals surface area contributed by atoms with E-state index in [0.29, 0.717) is 16.9 Å². The molecule has 0 aliphatic heterocycles. The van der Waals surface area contributed by atoms with Gasteiger partial charge in [-0.15, -0.1) is 0 Å². The van der Waals surface area contributed by atoms with Crippen LogP contribution < -0.4 is 5.73 Å². The van der Waals surface area contributed by atoms with Crippen LogP contribution in [0.1, 0.15) is 19.8 Å². The highest BCUT2D eigenvalue weighted by Crippen LogP contribution is 2.35. The summed E-state index contributed by atoms with van der Waals surface area (Å²) in [6, 6.07) is -0.531. The molecule has 22 heavy (non-hydrogen) atoms. The van der Waals surface area contributed by atoms with E-state index in [4.69, 9.17) is 30.2 Å². The standard InChI is InChI=1S/C16H17NO2S3/c1-2-9(16(18)19)10-7-8-13(15(21)14(10)17)22-12-6-4-3-5-11(12)20/h3-4,6-9,14H,2,5,17H2,1H3,(H,18,19). The lowest BCUT2D eigenvalue weighted by molar-refractivity contribution is -0.140. The highest BCUT2D eigenvalue weighted by atomic mass is 32.2. The van der Waals surface area contributed by atoms with Gasteiger partial charge in [0.1, 0.15) is 0 Å². The van der Waals surface area contributed by atoms with E-state index in [9.17, 15) is 9.90 Å². The monoisotopic (exact) mass is 351 g/mol. The van der Waals surface area contributed by atoms with Gasteiger partial charge in [0.15, 0.2) is 0 Å². The van der Waals surface area contributed by atoms with Gasteiger partial charge in [0.05, 0.1) is 16.8 Å². The number of carbonyl (C=O) groups is 1. The molecule has 0 amide bonds. The average Bonchev–Trinajstić information content (AvgIpc) is 2.48. The predicted octanol–water partition coefficient (Wildman–Crippen LogP) is 3.57. The van der Waals surface area contributed by atoms with Crippen LogP contribution in [0.25, 0.3) is 0 Å². The van der Waals surface area contributed by atoms with E-state index >= 15 is 0 Å². The van der Waals surface area contributed by atoms with Crippen molar-refractivity contribution in [2.75, 3.05) is 0 Å². The van der Waals surface area contributed by atoms with Gasteiger partial charge in [0.2, 0.25) is 0 Å². The fourth-order valence-corrected chi connectivity index (χ4v) is 3.93. The van der Waals surface area contributed by atoms with E-state index in [0.717, 1.165) is 21.1 Å². The number of aliphatic carboxylic acids is 1. The first-order valence-electron chi connectivity index (χ1n) is 6.98. The Morgan fingerprint density at radius 3 is 2.73 bits per heavy atom. The summed E-state index contributed by atoms with van der Waals surface area (Å²) in [5.74, 6) is -1.45. The van der Waals surface area contributed by atoms with Crippen molar-refractivity contribution >= 4 is 51.9 Å². The third-order valence-corrected chi connectivity index (χ3v) is 5.90. The Morgan fingerprint density at radius 1 is 1.41 bits per heavy atom. The fraction of sp³-hybridized carbons (Fsp3) is 0.312. The Balaban J connectivity index is 2.26. The molecular formula is C16H17NO2S3. The maximum atomic E-state index is 11.3. The Labute approximate surface area is 145 Å². The van der Waals surface area contributed by atoms with Crippen molar-refractivity contribution in [3.63, 3.8) is 0 Å². The first-order valence-corrected chi connectivity index (χ1v) is 8.61. The van der Waals surface area contributed by atoms with Crippen molar-refractivity contribution in [2.45, 2.75) is 25.8 Å². The average molecular weight is 352 g/mol. The van der Waals surface area contributed by atoms with Gasteiger partial charge in [-0.25, -0.2) is 0 Å². The molecular weight excluding hydrogens is 334 g/mol. The Kier molecular flexibility index (Phi) is 5.86. The van der Waals surface area contributed by atoms with Crippen molar-refractivity contribution in [3.8, 4) is 0 Å². The van der Waals surface area contributed by atoms with Crippen LogP contribution in [-0.2, 0) is 4.79 Å². The SMILES string of the molecule is CCC(C(=O)O)C1=CC=C(SC2=CC=CCC2=S)C(=S)C1N. The minimum atomic E-state index is -0.863. The molecule has 0 aromatic heterocycles. The molecule has 2 aliphatic rings. The molecule has 2 rings (SSSR count). The molecule has 3 nitrogen and oxygen atoms in total. The maximum absolute atomic E-state index is 11.3. The number of hydrogen-bond donors (Lipinski definition) is 2. The molecule has 2 unspecified atom stereocenters. The zero-order valence-electron chi connectivity index (χ0n) is 12.1. The highest BCUT2D eigenvalue weighted by molar-refractivity contribution is 8.10. The van der Waals surface area contributed by atoms with E-state index in [1.165, 1.54) is 11.8 Å². The molecule has 2 aliphatic carbocycles. The zero-order valence-corrected chi connectivity index (χ0v) is 14.6. The molecule has 0 aromatic carbocycles. The molecule has 0 spiro atoms. The van der Waals surface area contributed by atoms with Crippen molar-refractivity contribution in [3.05, 3.63) is 45.8 Å². The quantitative estimate of drug-likeness (QED) is 0.739. The predicted molar refractivity (Wildman–Crippen MR) is 100 cm³/mol. The molecule has 116 valence electrons. The first kappa shape index (κ1) is 17.3. The first-order chi connectivity index (χ1) is 10.5. The van der Waals surface area contributed by atoms with Crippen LogP contribution in [0.3, 0.4) is 0 Å². The van der Waals surface area contributed by atoms with Crippen LogP contribution in [0.15, 0.2) is 45.8 Å². The summed E-state index contributed by atoms with van der Waals surface area (Å²) < 4.78 is 0. The van der Waals surface area contributed by atoms with Gasteiger partial charge in [0.25, 0.3) is 0 Å². The van der Waals surface area contributed by atoms with Crippen LogP contribution in [0.2, 0.25) is 0 Å². The number of nitrogens with two attached hydrogens (primary N) is 1. The number of thiocarbonyl (C=S) groups is 2. The van der Waals surface area contributed by atoms with E-state index in [2.05, 4.69) is 0 Å². The number of carboxylic acids is 1. The summed E-state index contributed by atoms with van der Waals surface area (Å²) in [4.78, 5) is 14.7. The van der Waals surface area contributed by atoms with Crippen LogP contribution in [-0.4, -0.2) is 26.8 Å². The molecule has 0 aromatic rings. The van der Waals surface area contributed by atoms with Crippen LogP contribution in [0, 0.1) is 5.92 Å². The zero-order chi connectivity index (χ0) is 16.3. The van der Waals surface area contributed by atoms with Crippen LogP contribution >= 0.6 is 36.2 Å². The molecule has 0 saturated heterocycles. The fourth-order valence-electron chi connectivity index (χ4n) is 2.37. The van der Waals surface area contributed by atoms with Gasteiger partial charge >= 0.3 is 5.97 Å². The molecule has 3 N–H and O–H groups in total. The number of carboxylic acid groups (broad SMARTS) is 1. The molecule has 0 heterocycles. The lowest BCUT2D eigenvalue weighted by Gasteiger charge is -2.26. The summed E-state index contributed by atoms with van der Waals surface area (Å²) in [6.45, 7) is 1.83. The summed E-state index contributed by atoms with van der Waals surface area (Å²) in [6.07, 6.45) is 10.9. The Bertz CT molecular complexity index is 644. The molecule has 2 atom stereocenters. The molecule has 0 fully saturated rings. The Hall–Kier alpha value is -1.08. The topological polar surface area (TPSA) is 63.3 Å². The second-order valence-corrected chi connectivity index (χ2v) is 7.04. The second kappa shape index (κ2) is 7.46. The lowest BCUT2D eigenvalue weighted by Crippen LogP contribution is -2.38. The minimum absolute atomic E-state index is 0.494. The molecule has 0 radical (unpaired) electrons. The third-order valence-electron chi connectivity index (χ3n) is 3.60. The van der Waals surface area contributed by atoms with E-state index in [1.807, 2.05) is 31.2 Å². The summed E-state index contributed by atoms with van der Waals surface area (Å²) in [5, 5.41) is 9.29. The molecule has 6 heteroatoms. The number of hydrogen-bond acceptors (Lipinski definition) is 5. The molecule has 0 saturated carbocycles. The minimum Gasteiger partial charge on any atom is -0.481 e. The normalized spacial score (nSPS) is 22.8. The highest BCUT2D eigenvalue weighted by Gasteiger charge is 2.30. The van der Waals surface area contributed by atoms with Gasteiger partial charge in [0, 0.05) is 21.1 Å². The van der Waals surface area contributed by atoms with Crippen molar-refractivity contribution < 1.29 is 9.90 Å². The smallest absolute Gasteiger partial charge is 0.310 e. The van der Waals surface area contributed by atoms with E-state index in [1.54, 1.807) is 6.08 Å². The number of allylic oxidation sites excluding steroid dienone is 6.